The molecular formula is C18H19N3O2. The lowest BCUT2D eigenvalue weighted by atomic mass is 10.1. The topological polar surface area (TPSA) is 59.2 Å². The van der Waals surface area contributed by atoms with Crippen molar-refractivity contribution in [2.24, 2.45) is 0 Å². The van der Waals surface area contributed by atoms with Crippen molar-refractivity contribution < 1.29 is 9.21 Å². The fourth-order valence-corrected chi connectivity index (χ4v) is 2.46. The van der Waals surface area contributed by atoms with Gasteiger partial charge < -0.3 is 9.32 Å². The summed E-state index contributed by atoms with van der Waals surface area (Å²) in [6, 6.07) is 8.97. The molecule has 0 aliphatic carbocycles. The first-order valence-corrected chi connectivity index (χ1v) is 7.53. The number of benzene rings is 1. The number of aromatic nitrogens is 2. The molecule has 5 heteroatoms. The van der Waals surface area contributed by atoms with E-state index in [4.69, 9.17) is 4.42 Å². The maximum Gasteiger partial charge on any atom is 0.254 e. The average molecular weight is 309 g/mol. The Morgan fingerprint density at radius 1 is 1.13 bits per heavy atom. The zero-order valence-corrected chi connectivity index (χ0v) is 13.7. The van der Waals surface area contributed by atoms with Gasteiger partial charge in [0.05, 0.1) is 34.7 Å². The minimum Gasteiger partial charge on any atom is -0.467 e. The molecular weight excluding hydrogens is 290 g/mol. The van der Waals surface area contributed by atoms with Crippen LogP contribution in [-0.2, 0) is 0 Å². The summed E-state index contributed by atoms with van der Waals surface area (Å²) in [4.78, 5) is 23.4. The second-order valence-electron chi connectivity index (χ2n) is 5.71. The Morgan fingerprint density at radius 3 is 2.48 bits per heavy atom. The van der Waals surface area contributed by atoms with Gasteiger partial charge in [0.15, 0.2) is 0 Å². The van der Waals surface area contributed by atoms with Crippen LogP contribution in [0.5, 0.6) is 0 Å². The lowest BCUT2D eigenvalue weighted by Crippen LogP contribution is -2.29. The molecule has 3 aromatic rings. The molecule has 1 atom stereocenters. The van der Waals surface area contributed by atoms with E-state index in [1.165, 1.54) is 0 Å². The van der Waals surface area contributed by atoms with E-state index in [1.807, 2.05) is 39.0 Å². The highest BCUT2D eigenvalue weighted by molar-refractivity contribution is 5.97. The molecule has 0 fully saturated rings. The molecule has 0 bridgehead atoms. The standard InChI is InChI=1S/C18H19N3O2/c1-11-12(2)20-16-10-14(7-8-15(16)19-11)18(22)21(4)13(3)17-6-5-9-23-17/h5-10,13H,1-4H3. The molecule has 0 saturated heterocycles. The molecule has 0 aliphatic heterocycles. The zero-order valence-electron chi connectivity index (χ0n) is 13.7. The van der Waals surface area contributed by atoms with E-state index < -0.39 is 0 Å². The van der Waals surface area contributed by atoms with Gasteiger partial charge in [-0.15, -0.1) is 0 Å². The number of aryl methyl sites for hydroxylation is 2. The van der Waals surface area contributed by atoms with Crippen LogP contribution in [0, 0.1) is 13.8 Å². The van der Waals surface area contributed by atoms with Gasteiger partial charge in [0.25, 0.3) is 5.91 Å². The molecule has 1 amide bonds. The van der Waals surface area contributed by atoms with E-state index in [0.717, 1.165) is 28.2 Å². The van der Waals surface area contributed by atoms with Gasteiger partial charge in [-0.2, -0.15) is 0 Å². The lowest BCUT2D eigenvalue weighted by molar-refractivity contribution is 0.0726. The first kappa shape index (κ1) is 15.2. The molecule has 1 unspecified atom stereocenters. The number of nitrogens with zero attached hydrogens (tertiary/aromatic N) is 3. The summed E-state index contributed by atoms with van der Waals surface area (Å²) in [5.41, 5.74) is 3.90. The van der Waals surface area contributed by atoms with E-state index in [9.17, 15) is 4.79 Å². The molecule has 0 radical (unpaired) electrons. The van der Waals surface area contributed by atoms with Crippen molar-refractivity contribution in [3.8, 4) is 0 Å². The smallest absolute Gasteiger partial charge is 0.254 e. The third-order valence-corrected chi connectivity index (χ3v) is 4.18. The first-order chi connectivity index (χ1) is 11.0. The molecule has 0 aliphatic rings. The number of hydrogen-bond acceptors (Lipinski definition) is 4. The van der Waals surface area contributed by atoms with Crippen LogP contribution in [0.1, 0.15) is 40.5 Å². The van der Waals surface area contributed by atoms with Gasteiger partial charge in [-0.3, -0.25) is 4.79 Å². The van der Waals surface area contributed by atoms with Crippen molar-refractivity contribution in [3.05, 3.63) is 59.3 Å². The lowest BCUT2D eigenvalue weighted by Gasteiger charge is -2.23. The van der Waals surface area contributed by atoms with Crippen LogP contribution in [0.25, 0.3) is 11.0 Å². The molecule has 0 N–H and O–H groups in total. The summed E-state index contributed by atoms with van der Waals surface area (Å²) in [6.45, 7) is 5.78. The Balaban J connectivity index is 1.92. The third kappa shape index (κ3) is 2.82. The number of carbonyl (C=O) groups is 1. The van der Waals surface area contributed by atoms with Crippen LogP contribution >= 0.6 is 0 Å². The Morgan fingerprint density at radius 2 is 1.83 bits per heavy atom. The fraction of sp³-hybridized carbons (Fsp3) is 0.278. The van der Waals surface area contributed by atoms with Crippen molar-refractivity contribution in [2.75, 3.05) is 7.05 Å². The predicted molar refractivity (Wildman–Crippen MR) is 88.2 cm³/mol. The summed E-state index contributed by atoms with van der Waals surface area (Å²) in [6.07, 6.45) is 1.61. The number of hydrogen-bond donors (Lipinski definition) is 0. The average Bonchev–Trinajstić information content (AvgIpc) is 3.08. The molecule has 2 heterocycles. The molecule has 118 valence electrons. The third-order valence-electron chi connectivity index (χ3n) is 4.18. The Hall–Kier alpha value is -2.69. The number of rotatable bonds is 3. The summed E-state index contributed by atoms with van der Waals surface area (Å²) in [5, 5.41) is 0. The highest BCUT2D eigenvalue weighted by Crippen LogP contribution is 2.22. The minimum absolute atomic E-state index is 0.0733. The van der Waals surface area contributed by atoms with Crippen molar-refractivity contribution in [1.82, 2.24) is 14.9 Å². The van der Waals surface area contributed by atoms with Crippen LogP contribution in [0.3, 0.4) is 0 Å². The minimum atomic E-state index is -0.140. The summed E-state index contributed by atoms with van der Waals surface area (Å²) >= 11 is 0. The predicted octanol–water partition coefficient (Wildman–Crippen LogP) is 3.67. The van der Waals surface area contributed by atoms with E-state index >= 15 is 0 Å². The van der Waals surface area contributed by atoms with Gasteiger partial charge in [-0.1, -0.05) is 0 Å². The maximum absolute atomic E-state index is 12.7. The Labute approximate surface area is 135 Å². The fourth-order valence-electron chi connectivity index (χ4n) is 2.46. The van der Waals surface area contributed by atoms with Gasteiger partial charge in [-0.25, -0.2) is 9.97 Å². The Bertz CT molecular complexity index is 856. The molecule has 3 rings (SSSR count). The monoisotopic (exact) mass is 309 g/mol. The number of fused-ring (bicyclic) bond motifs is 1. The largest absolute Gasteiger partial charge is 0.467 e. The number of amides is 1. The van der Waals surface area contributed by atoms with E-state index in [1.54, 1.807) is 30.3 Å². The van der Waals surface area contributed by atoms with Gasteiger partial charge in [0, 0.05) is 12.6 Å². The van der Waals surface area contributed by atoms with Crippen LogP contribution in [0.2, 0.25) is 0 Å². The van der Waals surface area contributed by atoms with Gasteiger partial charge in [0.2, 0.25) is 0 Å². The second kappa shape index (κ2) is 5.83. The van der Waals surface area contributed by atoms with Crippen molar-refractivity contribution in [2.45, 2.75) is 26.8 Å². The second-order valence-corrected chi connectivity index (χ2v) is 5.71. The summed E-state index contributed by atoms with van der Waals surface area (Å²) in [5.74, 6) is 0.684. The quantitative estimate of drug-likeness (QED) is 0.740. The van der Waals surface area contributed by atoms with Crippen molar-refractivity contribution in [3.63, 3.8) is 0 Å². The first-order valence-electron chi connectivity index (χ1n) is 7.53. The molecule has 0 spiro atoms. The maximum atomic E-state index is 12.7. The highest BCUT2D eigenvalue weighted by Gasteiger charge is 2.21. The molecule has 23 heavy (non-hydrogen) atoms. The molecule has 5 nitrogen and oxygen atoms in total. The zero-order chi connectivity index (χ0) is 16.6. The summed E-state index contributed by atoms with van der Waals surface area (Å²) < 4.78 is 5.39. The molecule has 0 saturated carbocycles. The van der Waals surface area contributed by atoms with Crippen LogP contribution in [0.15, 0.2) is 41.0 Å². The normalized spacial score (nSPS) is 12.3. The molecule has 2 aromatic heterocycles. The van der Waals surface area contributed by atoms with Gasteiger partial charge in [0.1, 0.15) is 5.76 Å². The molecule has 1 aromatic carbocycles. The van der Waals surface area contributed by atoms with Crippen LogP contribution in [0.4, 0.5) is 0 Å². The summed E-state index contributed by atoms with van der Waals surface area (Å²) in [7, 11) is 1.77. The van der Waals surface area contributed by atoms with E-state index in [2.05, 4.69) is 9.97 Å². The van der Waals surface area contributed by atoms with E-state index in [-0.39, 0.29) is 11.9 Å². The van der Waals surface area contributed by atoms with Gasteiger partial charge in [-0.05, 0) is 51.1 Å². The number of carbonyl (C=O) groups excluding carboxylic acids is 1. The van der Waals surface area contributed by atoms with Crippen LogP contribution < -0.4 is 0 Å². The SMILES string of the molecule is Cc1nc2ccc(C(=O)N(C)C(C)c3ccco3)cc2nc1C. The number of furan rings is 1. The highest BCUT2D eigenvalue weighted by atomic mass is 16.3. The van der Waals surface area contributed by atoms with Crippen molar-refractivity contribution >= 4 is 16.9 Å². The van der Waals surface area contributed by atoms with Crippen molar-refractivity contribution in [1.29, 1.82) is 0 Å². The van der Waals surface area contributed by atoms with E-state index in [0.29, 0.717) is 5.56 Å². The Kier molecular flexibility index (Phi) is 3.86. The van der Waals surface area contributed by atoms with Gasteiger partial charge >= 0.3 is 0 Å². The van der Waals surface area contributed by atoms with Crippen LogP contribution in [-0.4, -0.2) is 27.8 Å².